The summed E-state index contributed by atoms with van der Waals surface area (Å²) in [6, 6.07) is 0. The zero-order valence-electron chi connectivity index (χ0n) is 55.1. The zero-order chi connectivity index (χ0) is 63.1. The molecule has 0 amide bonds. The smallest absolute Gasteiger partial charge is 0.462 e. The van der Waals surface area contributed by atoms with Gasteiger partial charge in [-0.15, -0.1) is 0 Å². The van der Waals surface area contributed by atoms with Gasteiger partial charge in [0.25, 0.3) is 0 Å². The molecule has 0 heterocycles. The van der Waals surface area contributed by atoms with Crippen molar-refractivity contribution in [2.24, 2.45) is 17.8 Å². The summed E-state index contributed by atoms with van der Waals surface area (Å²) in [6.45, 7) is 11.7. The van der Waals surface area contributed by atoms with Crippen molar-refractivity contribution in [3.63, 3.8) is 0 Å². The number of hydrogen-bond acceptors (Lipinski definition) is 15. The Morgan fingerprint density at radius 1 is 0.341 bits per heavy atom. The van der Waals surface area contributed by atoms with Crippen LogP contribution >= 0.6 is 15.6 Å². The SMILES string of the molecule is CCCCCCCCCCC(=O)OC[C@H](COP(=O)(O)OC[C@H](O)COP(=O)(O)OC[C@@H](COC(=O)CCCCCCCCCCC(C)C)OC(=O)CCCCCCCCCCCCCCCC(C)C)OC(=O)CCCCCCCCC(C)CC. The maximum atomic E-state index is 13.0. The molecule has 0 radical (unpaired) electrons. The van der Waals surface area contributed by atoms with E-state index in [0.717, 1.165) is 114 Å². The minimum atomic E-state index is -4.95. The van der Waals surface area contributed by atoms with E-state index in [1.165, 1.54) is 128 Å². The molecule has 0 spiro atoms. The number of rotatable bonds is 64. The fraction of sp³-hybridized carbons (Fsp3) is 0.939. The Morgan fingerprint density at radius 3 is 0.894 bits per heavy atom. The molecule has 0 aromatic rings. The lowest BCUT2D eigenvalue weighted by atomic mass is 10.00. The molecule has 0 aliphatic carbocycles. The van der Waals surface area contributed by atoms with E-state index in [-0.39, 0.29) is 25.7 Å². The molecule has 17 nitrogen and oxygen atoms in total. The van der Waals surface area contributed by atoms with Gasteiger partial charge in [-0.2, -0.15) is 0 Å². The van der Waals surface area contributed by atoms with Gasteiger partial charge in [0, 0.05) is 25.7 Å². The lowest BCUT2D eigenvalue weighted by Crippen LogP contribution is -2.30. The van der Waals surface area contributed by atoms with E-state index in [4.69, 9.17) is 37.0 Å². The molecule has 19 heteroatoms. The van der Waals surface area contributed by atoms with Crippen molar-refractivity contribution in [1.29, 1.82) is 0 Å². The third-order valence-corrected chi connectivity index (χ3v) is 17.4. The summed E-state index contributed by atoms with van der Waals surface area (Å²) in [4.78, 5) is 72.2. The maximum Gasteiger partial charge on any atom is 0.472 e. The number of aliphatic hydroxyl groups is 1. The van der Waals surface area contributed by atoms with Crippen molar-refractivity contribution in [1.82, 2.24) is 0 Å². The number of aliphatic hydroxyl groups excluding tert-OH is 1. The summed E-state index contributed by atoms with van der Waals surface area (Å²) < 4.78 is 68.0. The minimum absolute atomic E-state index is 0.102. The molecule has 0 saturated carbocycles. The molecule has 0 aromatic heterocycles. The number of carbonyl (C=O) groups excluding carboxylic acids is 4. The minimum Gasteiger partial charge on any atom is -0.462 e. The topological polar surface area (TPSA) is 237 Å². The van der Waals surface area contributed by atoms with Crippen molar-refractivity contribution >= 4 is 39.5 Å². The monoisotopic (exact) mass is 1250 g/mol. The predicted octanol–water partition coefficient (Wildman–Crippen LogP) is 18.3. The second kappa shape index (κ2) is 57.2. The first-order valence-electron chi connectivity index (χ1n) is 34.4. The molecule has 0 aromatic carbocycles. The lowest BCUT2D eigenvalue weighted by molar-refractivity contribution is -0.161. The van der Waals surface area contributed by atoms with Crippen molar-refractivity contribution in [3.05, 3.63) is 0 Å². The van der Waals surface area contributed by atoms with Crippen molar-refractivity contribution < 1.29 is 80.2 Å². The quantitative estimate of drug-likeness (QED) is 0.0222. The van der Waals surface area contributed by atoms with Gasteiger partial charge in [0.2, 0.25) is 0 Å². The van der Waals surface area contributed by atoms with Gasteiger partial charge >= 0.3 is 39.5 Å². The number of phosphoric ester groups is 2. The Kier molecular flexibility index (Phi) is 55.9. The molecule has 6 atom stereocenters. The van der Waals surface area contributed by atoms with Crippen LogP contribution in [0, 0.1) is 17.8 Å². The van der Waals surface area contributed by atoms with Gasteiger partial charge in [0.1, 0.15) is 19.3 Å². The first kappa shape index (κ1) is 83.1. The predicted molar refractivity (Wildman–Crippen MR) is 340 cm³/mol. The van der Waals surface area contributed by atoms with Crippen LogP contribution in [0.25, 0.3) is 0 Å². The number of esters is 4. The zero-order valence-corrected chi connectivity index (χ0v) is 56.9. The second-order valence-corrected chi connectivity index (χ2v) is 28.0. The highest BCUT2D eigenvalue weighted by Crippen LogP contribution is 2.45. The molecule has 0 aliphatic heterocycles. The average molecular weight is 1260 g/mol. The van der Waals surface area contributed by atoms with Crippen LogP contribution in [0.1, 0.15) is 325 Å². The van der Waals surface area contributed by atoms with E-state index in [1.54, 1.807) is 0 Å². The highest BCUT2D eigenvalue weighted by atomic mass is 31.2. The summed E-state index contributed by atoms with van der Waals surface area (Å²) in [7, 11) is -9.89. The van der Waals surface area contributed by atoms with Gasteiger partial charge in [-0.25, -0.2) is 9.13 Å². The highest BCUT2D eigenvalue weighted by Gasteiger charge is 2.30. The molecular weight excluding hydrogens is 1130 g/mol. The summed E-state index contributed by atoms with van der Waals surface area (Å²) in [5.41, 5.74) is 0. The van der Waals surface area contributed by atoms with Crippen LogP contribution in [0.15, 0.2) is 0 Å². The summed E-state index contributed by atoms with van der Waals surface area (Å²) in [6.07, 6.45) is 39.1. The number of carbonyl (C=O) groups is 4. The molecule has 0 saturated heterocycles. The van der Waals surface area contributed by atoms with Gasteiger partial charge in [-0.1, -0.05) is 273 Å². The number of phosphoric acid groups is 2. The third-order valence-electron chi connectivity index (χ3n) is 15.5. The van der Waals surface area contributed by atoms with Gasteiger partial charge in [-0.05, 0) is 43.4 Å². The van der Waals surface area contributed by atoms with Crippen LogP contribution in [0.5, 0.6) is 0 Å². The lowest BCUT2D eigenvalue weighted by Gasteiger charge is -2.21. The standard InChI is InChI=1S/C66H128O17P2/c1-8-10-11-12-13-25-33-40-47-63(68)76-54-62(83-66(71)50-43-36-29-28-32-39-46-59(7)9-2)56-81-85(74,75)79-52-60(67)51-78-84(72,73)80-55-61(53-77-64(69)48-41-34-26-22-21-24-31-38-45-58(5)6)82-65(70)49-42-35-27-20-18-16-14-15-17-19-23-30-37-44-57(3)4/h57-62,67H,8-56H2,1-7H3,(H,72,73)(H,74,75)/t59?,60-,61-,62-/m1/s1. The molecular formula is C66H128O17P2. The molecule has 85 heavy (non-hydrogen) atoms. The van der Waals surface area contributed by atoms with Crippen LogP contribution in [0.2, 0.25) is 0 Å². The normalized spacial score (nSPS) is 14.6. The second-order valence-electron chi connectivity index (χ2n) is 25.1. The molecule has 3 N–H and O–H groups in total. The molecule has 0 rings (SSSR count). The summed E-state index contributed by atoms with van der Waals surface area (Å²) >= 11 is 0. The summed E-state index contributed by atoms with van der Waals surface area (Å²) in [5, 5.41) is 10.5. The van der Waals surface area contributed by atoms with Gasteiger partial charge < -0.3 is 33.8 Å². The molecule has 0 bridgehead atoms. The van der Waals surface area contributed by atoms with E-state index in [9.17, 15) is 43.2 Å². The van der Waals surface area contributed by atoms with Crippen molar-refractivity contribution in [2.75, 3.05) is 39.6 Å². The van der Waals surface area contributed by atoms with Crippen LogP contribution in [-0.2, 0) is 65.4 Å². The van der Waals surface area contributed by atoms with E-state index in [0.29, 0.717) is 25.7 Å². The Hall–Kier alpha value is -1.94. The maximum absolute atomic E-state index is 13.0. The number of ether oxygens (including phenoxy) is 4. The molecule has 0 aliphatic rings. The van der Waals surface area contributed by atoms with Crippen LogP contribution in [0.4, 0.5) is 0 Å². The third kappa shape index (κ3) is 59.5. The Morgan fingerprint density at radius 2 is 0.600 bits per heavy atom. The fourth-order valence-corrected chi connectivity index (χ4v) is 11.4. The average Bonchev–Trinajstić information content (AvgIpc) is 3.57. The highest BCUT2D eigenvalue weighted by molar-refractivity contribution is 7.47. The van der Waals surface area contributed by atoms with Crippen LogP contribution in [-0.4, -0.2) is 96.7 Å². The van der Waals surface area contributed by atoms with Crippen LogP contribution < -0.4 is 0 Å². The van der Waals surface area contributed by atoms with Gasteiger partial charge in [0.05, 0.1) is 26.4 Å². The van der Waals surface area contributed by atoms with E-state index in [2.05, 4.69) is 48.5 Å². The first-order valence-corrected chi connectivity index (χ1v) is 37.4. The fourth-order valence-electron chi connectivity index (χ4n) is 9.80. The van der Waals surface area contributed by atoms with E-state index >= 15 is 0 Å². The molecule has 0 fully saturated rings. The summed E-state index contributed by atoms with van der Waals surface area (Å²) in [5.74, 6) is 0.0957. The van der Waals surface area contributed by atoms with Gasteiger partial charge in [-0.3, -0.25) is 37.3 Å². The van der Waals surface area contributed by atoms with E-state index in [1.807, 2.05) is 0 Å². The number of unbranched alkanes of at least 4 members (excludes halogenated alkanes) is 31. The molecule has 504 valence electrons. The van der Waals surface area contributed by atoms with Crippen molar-refractivity contribution in [3.8, 4) is 0 Å². The van der Waals surface area contributed by atoms with Gasteiger partial charge in [0.15, 0.2) is 12.2 Å². The number of hydrogen-bond donors (Lipinski definition) is 3. The Labute approximate surface area is 517 Å². The largest absolute Gasteiger partial charge is 0.472 e. The van der Waals surface area contributed by atoms with Crippen LogP contribution in [0.3, 0.4) is 0 Å². The van der Waals surface area contributed by atoms with E-state index < -0.39 is 97.5 Å². The Bertz CT molecular complexity index is 1680. The van der Waals surface area contributed by atoms with Crippen molar-refractivity contribution in [2.45, 2.75) is 343 Å². The molecule has 3 unspecified atom stereocenters. The Balaban J connectivity index is 5.22. The first-order chi connectivity index (χ1) is 40.8.